The molecule has 3 nitrogen and oxygen atoms in total. The van der Waals surface area contributed by atoms with Gasteiger partial charge in [0.2, 0.25) is 0 Å². The van der Waals surface area contributed by atoms with Crippen molar-refractivity contribution in [1.29, 1.82) is 0 Å². The summed E-state index contributed by atoms with van der Waals surface area (Å²) in [6.07, 6.45) is 0. The van der Waals surface area contributed by atoms with Crippen LogP contribution in [0.2, 0.25) is 0 Å². The maximum atomic E-state index is 6.52. The Bertz CT molecular complexity index is 4310. The Morgan fingerprint density at radius 2 is 0.803 bits per heavy atom. The fourth-order valence-corrected chi connectivity index (χ4v) is 11.2. The fourth-order valence-electron chi connectivity index (χ4n) is 11.2. The normalized spacial score (nSPS) is 11.7. The monoisotopic (exact) mass is 904 g/mol. The number of fused-ring (bicyclic) bond motifs is 9. The van der Waals surface area contributed by atoms with Crippen LogP contribution in [-0.2, 0) is 0 Å². The Morgan fingerprint density at radius 3 is 1.54 bits per heavy atom. The largest absolute Gasteiger partial charge is 0.455 e. The molecule has 0 atom stereocenters. The van der Waals surface area contributed by atoms with Crippen molar-refractivity contribution < 1.29 is 4.42 Å². The minimum atomic E-state index is 0.897. The first-order valence-corrected chi connectivity index (χ1v) is 24.3. The van der Waals surface area contributed by atoms with Gasteiger partial charge in [-0.05, 0) is 122 Å². The number of anilines is 3. The zero-order valence-corrected chi connectivity index (χ0v) is 38.7. The van der Waals surface area contributed by atoms with Crippen LogP contribution in [0.15, 0.2) is 271 Å². The number of nitrogens with zero attached hydrogens (tertiary/aromatic N) is 2. The van der Waals surface area contributed by atoms with Crippen LogP contribution >= 0.6 is 0 Å². The van der Waals surface area contributed by atoms with Crippen molar-refractivity contribution in [3.8, 4) is 50.2 Å². The number of furan rings is 1. The first-order valence-electron chi connectivity index (χ1n) is 24.3. The van der Waals surface area contributed by atoms with Crippen LogP contribution in [-0.4, -0.2) is 4.57 Å². The lowest BCUT2D eigenvalue weighted by Gasteiger charge is -2.27. The highest BCUT2D eigenvalue weighted by Crippen LogP contribution is 2.45. The number of hydrogen-bond donors (Lipinski definition) is 0. The summed E-state index contributed by atoms with van der Waals surface area (Å²) < 4.78 is 8.95. The summed E-state index contributed by atoms with van der Waals surface area (Å²) in [5.74, 6) is 0. The van der Waals surface area contributed by atoms with E-state index in [9.17, 15) is 0 Å². The maximum Gasteiger partial charge on any atom is 0.143 e. The lowest BCUT2D eigenvalue weighted by Crippen LogP contribution is -2.10. The van der Waals surface area contributed by atoms with Gasteiger partial charge in [0, 0.05) is 49.7 Å². The van der Waals surface area contributed by atoms with Crippen molar-refractivity contribution in [3.63, 3.8) is 0 Å². The molecule has 0 aliphatic carbocycles. The van der Waals surface area contributed by atoms with Gasteiger partial charge in [0.1, 0.15) is 11.2 Å². The minimum absolute atomic E-state index is 0.897. The number of benzene rings is 12. The minimum Gasteiger partial charge on any atom is -0.455 e. The highest BCUT2D eigenvalue weighted by atomic mass is 16.3. The van der Waals surface area contributed by atoms with Crippen LogP contribution < -0.4 is 4.90 Å². The molecule has 0 spiro atoms. The molecule has 2 aromatic heterocycles. The molecular weight excluding hydrogens is 861 g/mol. The average molecular weight is 905 g/mol. The van der Waals surface area contributed by atoms with Crippen molar-refractivity contribution in [2.24, 2.45) is 0 Å². The summed E-state index contributed by atoms with van der Waals surface area (Å²) >= 11 is 0. The van der Waals surface area contributed by atoms with Crippen molar-refractivity contribution >= 4 is 82.4 Å². The van der Waals surface area contributed by atoms with Gasteiger partial charge in [-0.2, -0.15) is 0 Å². The fraction of sp³-hybridized carbons (Fsp3) is 0. The molecule has 0 fully saturated rings. The van der Waals surface area contributed by atoms with Gasteiger partial charge in [-0.25, -0.2) is 0 Å². The molecule has 71 heavy (non-hydrogen) atoms. The van der Waals surface area contributed by atoms with Crippen LogP contribution in [0.3, 0.4) is 0 Å². The number of hydrogen-bond acceptors (Lipinski definition) is 2. The van der Waals surface area contributed by atoms with E-state index in [1.54, 1.807) is 0 Å². The second-order valence-corrected chi connectivity index (χ2v) is 18.4. The molecule has 0 bridgehead atoms. The first kappa shape index (κ1) is 40.6. The lowest BCUT2D eigenvalue weighted by molar-refractivity contribution is 0.670. The van der Waals surface area contributed by atoms with E-state index in [1.165, 1.54) is 60.0 Å². The predicted octanol–water partition coefficient (Wildman–Crippen LogP) is 19.1. The molecule has 0 N–H and O–H groups in total. The Labute approximate surface area is 411 Å². The van der Waals surface area contributed by atoms with Crippen molar-refractivity contribution in [2.75, 3.05) is 4.90 Å². The van der Waals surface area contributed by atoms with Gasteiger partial charge in [0.25, 0.3) is 0 Å². The van der Waals surface area contributed by atoms with Gasteiger partial charge in [-0.1, -0.05) is 200 Å². The van der Waals surface area contributed by atoms with Crippen LogP contribution in [0.4, 0.5) is 17.1 Å². The SMILES string of the molecule is c1cc(-c2ccccc2-c2ccccc2-n2c3ccccc3c3ccccc32)cc(N(c2ccc(-c3cccc4c3oc3ccccc34)cc2)c2cccc(-c3cc4ccccc4c4ccccc34)c2)c1. The smallest absolute Gasteiger partial charge is 0.143 e. The molecule has 0 aliphatic heterocycles. The molecule has 332 valence electrons. The van der Waals surface area contributed by atoms with E-state index in [0.717, 1.165) is 72.5 Å². The molecule has 0 saturated heterocycles. The molecule has 0 unspecified atom stereocenters. The van der Waals surface area contributed by atoms with E-state index in [2.05, 4.69) is 264 Å². The summed E-state index contributed by atoms with van der Waals surface area (Å²) in [6, 6.07) is 96.8. The van der Waals surface area contributed by atoms with E-state index in [1.807, 2.05) is 12.1 Å². The van der Waals surface area contributed by atoms with Crippen molar-refractivity contribution in [1.82, 2.24) is 4.57 Å². The Balaban J connectivity index is 0.929. The summed E-state index contributed by atoms with van der Waals surface area (Å²) in [6.45, 7) is 0. The molecule has 0 saturated carbocycles. The topological polar surface area (TPSA) is 21.3 Å². The summed E-state index contributed by atoms with van der Waals surface area (Å²) in [7, 11) is 0. The third-order valence-electron chi connectivity index (χ3n) is 14.4. The molecule has 0 aliphatic rings. The van der Waals surface area contributed by atoms with Crippen LogP contribution in [0, 0.1) is 0 Å². The molecule has 2 heterocycles. The summed E-state index contributed by atoms with van der Waals surface area (Å²) in [4.78, 5) is 2.40. The van der Waals surface area contributed by atoms with E-state index >= 15 is 0 Å². The van der Waals surface area contributed by atoms with E-state index in [4.69, 9.17) is 4.42 Å². The van der Waals surface area contributed by atoms with Gasteiger partial charge in [0.05, 0.1) is 16.7 Å². The summed E-state index contributed by atoms with van der Waals surface area (Å²) in [5.41, 5.74) is 17.7. The van der Waals surface area contributed by atoms with Gasteiger partial charge in [-0.3, -0.25) is 0 Å². The predicted molar refractivity (Wildman–Crippen MR) is 299 cm³/mol. The summed E-state index contributed by atoms with van der Waals surface area (Å²) in [5, 5.41) is 9.72. The zero-order chi connectivity index (χ0) is 46.8. The lowest BCUT2D eigenvalue weighted by atomic mass is 9.92. The third-order valence-corrected chi connectivity index (χ3v) is 14.4. The zero-order valence-electron chi connectivity index (χ0n) is 38.7. The molecule has 0 amide bonds. The maximum absolute atomic E-state index is 6.52. The van der Waals surface area contributed by atoms with E-state index < -0.39 is 0 Å². The highest BCUT2D eigenvalue weighted by molar-refractivity contribution is 6.14. The Hall–Kier alpha value is -9.44. The average Bonchev–Trinajstić information content (AvgIpc) is 4.00. The Morgan fingerprint density at radius 1 is 0.282 bits per heavy atom. The second-order valence-electron chi connectivity index (χ2n) is 18.4. The molecule has 3 heteroatoms. The second kappa shape index (κ2) is 16.7. The quantitative estimate of drug-likeness (QED) is 0.142. The van der Waals surface area contributed by atoms with Crippen LogP contribution in [0.5, 0.6) is 0 Å². The van der Waals surface area contributed by atoms with Crippen LogP contribution in [0.25, 0.3) is 115 Å². The molecule has 14 aromatic rings. The van der Waals surface area contributed by atoms with Gasteiger partial charge < -0.3 is 13.9 Å². The van der Waals surface area contributed by atoms with Gasteiger partial charge in [0.15, 0.2) is 0 Å². The standard InChI is InChI=1S/C68H44N2O/c1-2-23-53-48(18-1)44-63(57-27-6-5-25-55(53)57)47-20-16-22-51(43-47)69(49-40-38-45(39-41-49)54-32-17-33-62-61-31-10-14-37-67(61)71-68(54)62)50-21-15-19-46(42-50)52-24-3-4-26-56(52)58-28-7-11-34-64(58)70-65-35-12-8-29-59(65)60-30-9-13-36-66(60)70/h1-44H. The molecule has 12 aromatic carbocycles. The highest BCUT2D eigenvalue weighted by Gasteiger charge is 2.21. The Kier molecular flexibility index (Phi) is 9.53. The van der Waals surface area contributed by atoms with Crippen molar-refractivity contribution in [3.05, 3.63) is 267 Å². The van der Waals surface area contributed by atoms with Gasteiger partial charge in [-0.15, -0.1) is 0 Å². The molecule has 0 radical (unpaired) electrons. The van der Waals surface area contributed by atoms with E-state index in [0.29, 0.717) is 0 Å². The first-order chi connectivity index (χ1) is 35.2. The molecule has 14 rings (SSSR count). The van der Waals surface area contributed by atoms with Gasteiger partial charge >= 0.3 is 0 Å². The van der Waals surface area contributed by atoms with Crippen LogP contribution in [0.1, 0.15) is 0 Å². The van der Waals surface area contributed by atoms with Crippen molar-refractivity contribution in [2.45, 2.75) is 0 Å². The third kappa shape index (κ3) is 6.74. The number of aromatic nitrogens is 1. The number of para-hydroxylation sites is 5. The number of rotatable bonds is 8. The van der Waals surface area contributed by atoms with E-state index in [-0.39, 0.29) is 0 Å². The molecular formula is C68H44N2O.